The van der Waals surface area contributed by atoms with Gasteiger partial charge in [0.05, 0.1) is 16.1 Å². The smallest absolute Gasteiger partial charge is 0.233 e. The van der Waals surface area contributed by atoms with Crippen LogP contribution in [0.2, 0.25) is 0 Å². The van der Waals surface area contributed by atoms with Crippen LogP contribution in [-0.2, 0) is 19.4 Å². The summed E-state index contributed by atoms with van der Waals surface area (Å²) in [6.45, 7) is 0. The van der Waals surface area contributed by atoms with E-state index in [0.717, 1.165) is 43.2 Å². The average Bonchev–Trinajstić information content (AvgIpc) is 3.67. The van der Waals surface area contributed by atoms with Crippen LogP contribution in [0, 0.1) is 5.92 Å². The van der Waals surface area contributed by atoms with Gasteiger partial charge in [0.15, 0.2) is 15.7 Å². The van der Waals surface area contributed by atoms with Crippen molar-refractivity contribution in [1.29, 1.82) is 0 Å². The zero-order valence-corrected chi connectivity index (χ0v) is 18.2. The Morgan fingerprint density at radius 3 is 2.58 bits per heavy atom. The first-order valence-electron chi connectivity index (χ1n) is 11.1. The third kappa shape index (κ3) is 4.31. The predicted octanol–water partition coefficient (Wildman–Crippen LogP) is 3.70. The normalized spacial score (nSPS) is 22.5. The van der Waals surface area contributed by atoms with Gasteiger partial charge in [-0.05, 0) is 67.6 Å². The lowest BCUT2D eigenvalue weighted by Gasteiger charge is -2.21. The highest BCUT2D eigenvalue weighted by Gasteiger charge is 2.41. The Bertz CT molecular complexity index is 1100. The standard InChI is InChI=1S/C23H27N3O4S/c27-17-5-1-14(11-17)12-20(23(28)25-22-9-10-24-26-22)16-4-8-21(19(13-16)15-2-3-15)31(29,30)18-6-7-18/h4,8-10,13-15,18,20H,1-3,5-7,11-12H2,(H2,24,25,26,28)/t14-,20+/m0/s1. The molecule has 1 aromatic heterocycles. The minimum absolute atomic E-state index is 0.168. The Balaban J connectivity index is 1.48. The number of ketones is 1. The van der Waals surface area contributed by atoms with Crippen molar-refractivity contribution in [2.45, 2.75) is 73.3 Å². The van der Waals surface area contributed by atoms with Crippen LogP contribution in [0.3, 0.4) is 0 Å². The highest BCUT2D eigenvalue weighted by atomic mass is 32.2. The highest BCUT2D eigenvalue weighted by molar-refractivity contribution is 7.92. The Kier molecular flexibility index (Phi) is 5.20. The number of H-pyrrole nitrogens is 1. The second kappa shape index (κ2) is 7.89. The van der Waals surface area contributed by atoms with E-state index >= 15 is 0 Å². The molecule has 2 aromatic rings. The average molecular weight is 442 g/mol. The molecule has 1 heterocycles. The van der Waals surface area contributed by atoms with E-state index in [2.05, 4.69) is 15.5 Å². The van der Waals surface area contributed by atoms with Gasteiger partial charge in [0.2, 0.25) is 5.91 Å². The van der Waals surface area contributed by atoms with Gasteiger partial charge in [-0.25, -0.2) is 8.42 Å². The number of anilines is 1. The summed E-state index contributed by atoms with van der Waals surface area (Å²) in [7, 11) is -3.29. The number of sulfone groups is 1. The van der Waals surface area contributed by atoms with Crippen molar-refractivity contribution in [3.05, 3.63) is 41.6 Å². The summed E-state index contributed by atoms with van der Waals surface area (Å²) in [5.41, 5.74) is 1.69. The summed E-state index contributed by atoms with van der Waals surface area (Å²) < 4.78 is 25.9. The summed E-state index contributed by atoms with van der Waals surface area (Å²) in [6.07, 6.45) is 7.53. The quantitative estimate of drug-likeness (QED) is 0.649. The van der Waals surface area contributed by atoms with Crippen molar-refractivity contribution in [2.24, 2.45) is 5.92 Å². The lowest BCUT2D eigenvalue weighted by Crippen LogP contribution is -2.24. The van der Waals surface area contributed by atoms with Gasteiger partial charge in [-0.3, -0.25) is 14.7 Å². The topological polar surface area (TPSA) is 109 Å². The molecule has 7 nitrogen and oxygen atoms in total. The molecule has 0 spiro atoms. The molecule has 0 unspecified atom stereocenters. The van der Waals surface area contributed by atoms with Gasteiger partial charge >= 0.3 is 0 Å². The summed E-state index contributed by atoms with van der Waals surface area (Å²) in [4.78, 5) is 25.4. The number of amides is 1. The highest BCUT2D eigenvalue weighted by Crippen LogP contribution is 2.47. The van der Waals surface area contributed by atoms with E-state index in [1.54, 1.807) is 24.4 Å². The lowest BCUT2D eigenvalue weighted by molar-refractivity contribution is -0.119. The maximum atomic E-state index is 13.2. The second-order valence-corrected chi connectivity index (χ2v) is 11.4. The molecule has 8 heteroatoms. The van der Waals surface area contributed by atoms with E-state index in [0.29, 0.717) is 30.0 Å². The molecule has 3 aliphatic rings. The molecule has 0 bridgehead atoms. The Hall–Kier alpha value is -2.48. The summed E-state index contributed by atoms with van der Waals surface area (Å²) in [5, 5.41) is 9.31. The molecule has 0 saturated heterocycles. The number of carbonyl (C=O) groups is 2. The largest absolute Gasteiger partial charge is 0.309 e. The summed E-state index contributed by atoms with van der Waals surface area (Å²) >= 11 is 0. The monoisotopic (exact) mass is 441 g/mol. The van der Waals surface area contributed by atoms with Crippen LogP contribution >= 0.6 is 0 Å². The number of benzene rings is 1. The number of carbonyl (C=O) groups excluding carboxylic acids is 2. The van der Waals surface area contributed by atoms with Gasteiger partial charge < -0.3 is 5.32 Å². The number of aromatic nitrogens is 2. The van der Waals surface area contributed by atoms with E-state index in [4.69, 9.17) is 0 Å². The van der Waals surface area contributed by atoms with Crippen LogP contribution in [0.1, 0.15) is 74.3 Å². The van der Waals surface area contributed by atoms with E-state index < -0.39 is 15.8 Å². The van der Waals surface area contributed by atoms with Crippen LogP contribution in [-0.4, -0.2) is 35.6 Å². The van der Waals surface area contributed by atoms with Gasteiger partial charge in [-0.1, -0.05) is 12.1 Å². The minimum atomic E-state index is -3.29. The molecule has 2 N–H and O–H groups in total. The fourth-order valence-corrected chi connectivity index (χ4v) is 6.61. The molecular formula is C23H27N3O4S. The maximum absolute atomic E-state index is 13.2. The van der Waals surface area contributed by atoms with Crippen LogP contribution in [0.25, 0.3) is 0 Å². The van der Waals surface area contributed by atoms with E-state index in [9.17, 15) is 18.0 Å². The first kappa shape index (κ1) is 20.4. The number of hydrogen-bond acceptors (Lipinski definition) is 5. The number of Topliss-reactive ketones (excluding diaryl/α,β-unsaturated/α-hetero) is 1. The number of nitrogens with zero attached hydrogens (tertiary/aromatic N) is 1. The van der Waals surface area contributed by atoms with E-state index in [-0.39, 0.29) is 28.8 Å². The van der Waals surface area contributed by atoms with Gasteiger partial charge in [0.25, 0.3) is 0 Å². The molecular weight excluding hydrogens is 414 g/mol. The van der Waals surface area contributed by atoms with E-state index in [1.807, 2.05) is 6.07 Å². The lowest BCUT2D eigenvalue weighted by atomic mass is 9.86. The van der Waals surface area contributed by atoms with E-state index in [1.165, 1.54) is 0 Å². The molecule has 2 atom stereocenters. The molecule has 0 radical (unpaired) electrons. The van der Waals surface area contributed by atoms with Crippen LogP contribution in [0.15, 0.2) is 35.4 Å². The van der Waals surface area contributed by atoms with Crippen LogP contribution in [0.5, 0.6) is 0 Å². The fourth-order valence-electron chi connectivity index (χ4n) is 4.68. The van der Waals surface area contributed by atoms with Crippen molar-refractivity contribution in [1.82, 2.24) is 10.2 Å². The molecule has 31 heavy (non-hydrogen) atoms. The third-order valence-corrected chi connectivity index (χ3v) is 9.04. The summed E-state index contributed by atoms with van der Waals surface area (Å²) in [5.74, 6) is 0.496. The first-order valence-corrected chi connectivity index (χ1v) is 12.7. The zero-order valence-electron chi connectivity index (χ0n) is 17.3. The summed E-state index contributed by atoms with van der Waals surface area (Å²) in [6, 6.07) is 7.14. The minimum Gasteiger partial charge on any atom is -0.309 e. The molecule has 1 amide bonds. The van der Waals surface area contributed by atoms with Crippen molar-refractivity contribution in [2.75, 3.05) is 5.32 Å². The number of nitrogens with one attached hydrogen (secondary N) is 2. The zero-order chi connectivity index (χ0) is 21.6. The van der Waals surface area contributed by atoms with Gasteiger partial charge in [0, 0.05) is 25.1 Å². The number of hydrogen-bond donors (Lipinski definition) is 2. The van der Waals surface area contributed by atoms with Crippen molar-refractivity contribution in [3.63, 3.8) is 0 Å². The van der Waals surface area contributed by atoms with Crippen LogP contribution in [0.4, 0.5) is 5.82 Å². The molecule has 3 saturated carbocycles. The Morgan fingerprint density at radius 1 is 1.16 bits per heavy atom. The van der Waals surface area contributed by atoms with Crippen LogP contribution < -0.4 is 5.32 Å². The fraction of sp³-hybridized carbons (Fsp3) is 0.522. The predicted molar refractivity (Wildman–Crippen MR) is 116 cm³/mol. The second-order valence-electron chi connectivity index (χ2n) is 9.20. The first-order chi connectivity index (χ1) is 14.9. The van der Waals surface area contributed by atoms with Gasteiger partial charge in [-0.15, -0.1) is 0 Å². The van der Waals surface area contributed by atoms with Gasteiger partial charge in [-0.2, -0.15) is 5.10 Å². The van der Waals surface area contributed by atoms with Crippen molar-refractivity contribution >= 4 is 27.3 Å². The SMILES string of the molecule is O=C1CC[C@H](C[C@@H](C(=O)Nc2cc[nH]n2)c2ccc(S(=O)(=O)C3CC3)c(C3CC3)c2)C1. The molecule has 0 aliphatic heterocycles. The van der Waals surface area contributed by atoms with Gasteiger partial charge in [0.1, 0.15) is 5.78 Å². The van der Waals surface area contributed by atoms with Crippen molar-refractivity contribution < 1.29 is 18.0 Å². The number of aromatic amines is 1. The molecule has 164 valence electrons. The Morgan fingerprint density at radius 2 is 1.97 bits per heavy atom. The maximum Gasteiger partial charge on any atom is 0.233 e. The molecule has 3 fully saturated rings. The van der Waals surface area contributed by atoms with Crippen molar-refractivity contribution in [3.8, 4) is 0 Å². The molecule has 3 aliphatic carbocycles. The molecule has 1 aromatic carbocycles. The number of rotatable bonds is 8. The third-order valence-electron chi connectivity index (χ3n) is 6.71. The molecule has 5 rings (SSSR count). The Labute approximate surface area is 181 Å².